The number of piperidine rings is 3. The highest BCUT2D eigenvalue weighted by molar-refractivity contribution is 5.78. The van der Waals surface area contributed by atoms with Crippen LogP contribution in [0, 0.1) is 17.6 Å². The zero-order valence-corrected chi connectivity index (χ0v) is 16.9. The average molecular weight is 409 g/mol. The summed E-state index contributed by atoms with van der Waals surface area (Å²) in [6.07, 6.45) is 3.16. The van der Waals surface area contributed by atoms with Crippen LogP contribution in [0.25, 0.3) is 0 Å². The molecule has 0 amide bonds. The van der Waals surface area contributed by atoms with Crippen LogP contribution in [0.5, 0.6) is 0 Å². The van der Waals surface area contributed by atoms with Crippen LogP contribution in [0.4, 0.5) is 8.78 Å². The lowest BCUT2D eigenvalue weighted by molar-refractivity contribution is -0.0895. The largest absolute Gasteiger partial charge is 0.455 e. The van der Waals surface area contributed by atoms with Gasteiger partial charge < -0.3 is 9.64 Å². The van der Waals surface area contributed by atoms with Gasteiger partial charge in [-0.15, -0.1) is 0 Å². The van der Waals surface area contributed by atoms with Crippen molar-refractivity contribution in [3.63, 3.8) is 0 Å². The molecule has 5 heterocycles. The Kier molecular flexibility index (Phi) is 4.13. The Balaban J connectivity index is 1.38. The molecular weight excluding hydrogens is 384 g/mol. The fourth-order valence-corrected chi connectivity index (χ4v) is 5.85. The zero-order valence-electron chi connectivity index (χ0n) is 16.9. The minimum absolute atomic E-state index is 0.241. The van der Waals surface area contributed by atoms with Crippen molar-refractivity contribution in [2.45, 2.75) is 30.9 Å². The van der Waals surface area contributed by atoms with E-state index < -0.39 is 11.6 Å². The molecule has 6 heteroatoms. The predicted octanol–water partition coefficient (Wildman–Crippen LogP) is 3.76. The van der Waals surface area contributed by atoms with E-state index in [2.05, 4.69) is 15.9 Å². The Morgan fingerprint density at radius 3 is 2.60 bits per heavy atom. The van der Waals surface area contributed by atoms with Gasteiger partial charge in [-0.05, 0) is 49.5 Å². The molecule has 0 unspecified atom stereocenters. The van der Waals surface area contributed by atoms with Crippen molar-refractivity contribution in [3.8, 4) is 0 Å². The maximum Gasteiger partial charge on any atom is 0.288 e. The highest BCUT2D eigenvalue weighted by Gasteiger charge is 2.53. The van der Waals surface area contributed by atoms with Crippen LogP contribution < -0.4 is 0 Å². The van der Waals surface area contributed by atoms with Crippen LogP contribution in [0.2, 0.25) is 0 Å². The predicted molar refractivity (Wildman–Crippen MR) is 110 cm³/mol. The summed E-state index contributed by atoms with van der Waals surface area (Å²) in [5, 5.41) is 0. The first-order chi connectivity index (χ1) is 14.6. The maximum atomic E-state index is 14.9. The third-order valence-electron chi connectivity index (χ3n) is 7.39. The van der Waals surface area contributed by atoms with Crippen LogP contribution >= 0.6 is 0 Å². The molecule has 0 N–H and O–H groups in total. The Labute approximate surface area is 175 Å². The lowest BCUT2D eigenvalue weighted by Gasteiger charge is -2.50. The van der Waals surface area contributed by atoms with E-state index in [4.69, 9.17) is 9.73 Å². The second-order valence-corrected chi connectivity index (χ2v) is 9.03. The quantitative estimate of drug-likeness (QED) is 0.718. The Bertz CT molecular complexity index is 1020. The third-order valence-corrected chi connectivity index (χ3v) is 7.39. The molecule has 5 aliphatic rings. The van der Waals surface area contributed by atoms with Gasteiger partial charge in [-0.25, -0.2) is 13.8 Å². The van der Waals surface area contributed by atoms with Crippen molar-refractivity contribution in [1.29, 1.82) is 0 Å². The first-order valence-corrected chi connectivity index (χ1v) is 10.9. The molecule has 2 aromatic carbocycles. The first kappa shape index (κ1) is 18.3. The van der Waals surface area contributed by atoms with Gasteiger partial charge in [0.2, 0.25) is 0 Å². The number of hydrogen-bond donors (Lipinski definition) is 0. The van der Waals surface area contributed by atoms with Crippen LogP contribution in [0.1, 0.15) is 35.6 Å². The standard InChI is InChI=1S/C24H25F2N3O/c25-18-5-6-20(21(26)13-18)22-19-4-2-1-3-16(19)7-12-29(22)23-27-14-24(30-23)15-28-10-8-17(24)9-11-28/h1-6,13,17,22H,7-12,14-15H2/t22-,24+/m1/s1. The number of fused-ring (bicyclic) bond motifs is 3. The van der Waals surface area contributed by atoms with Gasteiger partial charge >= 0.3 is 0 Å². The van der Waals surface area contributed by atoms with Crippen LogP contribution in [0.15, 0.2) is 47.5 Å². The summed E-state index contributed by atoms with van der Waals surface area (Å²) in [5.41, 5.74) is 2.45. The van der Waals surface area contributed by atoms with E-state index in [1.54, 1.807) is 6.07 Å². The summed E-state index contributed by atoms with van der Waals surface area (Å²) in [7, 11) is 0. The SMILES string of the molecule is Fc1ccc([C@H]2c3ccccc3CCN2C2=NC[C@@]3(CN4CCC3CC4)O2)c(F)c1. The summed E-state index contributed by atoms with van der Waals surface area (Å²) >= 11 is 0. The highest BCUT2D eigenvalue weighted by Crippen LogP contribution is 2.44. The maximum absolute atomic E-state index is 14.9. The number of rotatable bonds is 1. The summed E-state index contributed by atoms with van der Waals surface area (Å²) in [6.45, 7) is 4.57. The topological polar surface area (TPSA) is 28.1 Å². The summed E-state index contributed by atoms with van der Waals surface area (Å²) < 4.78 is 35.2. The Morgan fingerprint density at radius 1 is 1.00 bits per heavy atom. The van der Waals surface area contributed by atoms with E-state index in [0.29, 0.717) is 30.6 Å². The number of ether oxygens (including phenoxy) is 1. The Morgan fingerprint density at radius 2 is 1.83 bits per heavy atom. The molecule has 0 aliphatic carbocycles. The minimum Gasteiger partial charge on any atom is -0.455 e. The van der Waals surface area contributed by atoms with Crippen LogP contribution in [0.3, 0.4) is 0 Å². The summed E-state index contributed by atoms with van der Waals surface area (Å²) in [5.74, 6) is -0.563. The van der Waals surface area contributed by atoms with Gasteiger partial charge in [0, 0.05) is 30.6 Å². The van der Waals surface area contributed by atoms with Crippen molar-refractivity contribution in [1.82, 2.24) is 9.80 Å². The number of hydrogen-bond acceptors (Lipinski definition) is 4. The molecule has 30 heavy (non-hydrogen) atoms. The summed E-state index contributed by atoms with van der Waals surface area (Å²) in [6, 6.07) is 12.2. The molecule has 3 saturated heterocycles. The van der Waals surface area contributed by atoms with Crippen molar-refractivity contribution < 1.29 is 13.5 Å². The molecule has 2 aromatic rings. The van der Waals surface area contributed by atoms with Gasteiger partial charge in [-0.1, -0.05) is 30.3 Å². The van der Waals surface area contributed by atoms with E-state index in [1.165, 1.54) is 11.6 Å². The van der Waals surface area contributed by atoms with Crippen molar-refractivity contribution in [2.24, 2.45) is 10.9 Å². The molecule has 3 fully saturated rings. The molecule has 156 valence electrons. The summed E-state index contributed by atoms with van der Waals surface area (Å²) in [4.78, 5) is 9.41. The molecule has 1 spiro atoms. The van der Waals surface area contributed by atoms with Crippen molar-refractivity contribution in [3.05, 3.63) is 70.8 Å². The van der Waals surface area contributed by atoms with E-state index in [1.807, 2.05) is 18.2 Å². The van der Waals surface area contributed by atoms with Crippen molar-refractivity contribution >= 4 is 6.02 Å². The molecule has 2 atom stereocenters. The minimum atomic E-state index is -0.562. The normalized spacial score (nSPS) is 32.1. The fraction of sp³-hybridized carbons (Fsp3) is 0.458. The van der Waals surface area contributed by atoms with Gasteiger partial charge in [-0.2, -0.15) is 0 Å². The third kappa shape index (κ3) is 2.77. The molecule has 2 bridgehead atoms. The molecule has 7 rings (SSSR count). The van der Waals surface area contributed by atoms with E-state index >= 15 is 0 Å². The van der Waals surface area contributed by atoms with Gasteiger partial charge in [0.1, 0.15) is 17.2 Å². The molecule has 0 radical (unpaired) electrons. The van der Waals surface area contributed by atoms with Gasteiger partial charge in [0.25, 0.3) is 6.02 Å². The Hall–Kier alpha value is -2.47. The van der Waals surface area contributed by atoms with E-state index in [-0.39, 0.29) is 11.6 Å². The number of amidine groups is 1. The first-order valence-electron chi connectivity index (χ1n) is 10.9. The second-order valence-electron chi connectivity index (χ2n) is 9.03. The van der Waals surface area contributed by atoms with E-state index in [9.17, 15) is 8.78 Å². The van der Waals surface area contributed by atoms with Gasteiger partial charge in [-0.3, -0.25) is 4.90 Å². The van der Waals surface area contributed by atoms with Crippen molar-refractivity contribution in [2.75, 3.05) is 32.7 Å². The van der Waals surface area contributed by atoms with Crippen LogP contribution in [-0.2, 0) is 11.2 Å². The molecule has 0 aromatic heterocycles. The number of aliphatic imine (C=N–C) groups is 1. The number of halogens is 2. The second kappa shape index (κ2) is 6.77. The molecular formula is C24H25F2N3O. The van der Waals surface area contributed by atoms with E-state index in [0.717, 1.165) is 50.5 Å². The number of benzene rings is 2. The highest BCUT2D eigenvalue weighted by atomic mass is 19.1. The monoisotopic (exact) mass is 409 g/mol. The molecule has 4 nitrogen and oxygen atoms in total. The smallest absolute Gasteiger partial charge is 0.288 e. The lowest BCUT2D eigenvalue weighted by Crippen LogP contribution is -2.61. The van der Waals surface area contributed by atoms with Crippen LogP contribution in [-0.4, -0.2) is 54.1 Å². The molecule has 0 saturated carbocycles. The average Bonchev–Trinajstić information content (AvgIpc) is 3.17. The van der Waals surface area contributed by atoms with Gasteiger partial charge in [0.15, 0.2) is 0 Å². The number of nitrogens with zero attached hydrogens (tertiary/aromatic N) is 3. The zero-order chi connectivity index (χ0) is 20.3. The lowest BCUT2D eigenvalue weighted by atomic mass is 9.75. The molecule has 5 aliphatic heterocycles. The van der Waals surface area contributed by atoms with Gasteiger partial charge in [0.05, 0.1) is 12.6 Å². The fourth-order valence-electron chi connectivity index (χ4n) is 5.85.